The molecular weight excluding hydrogens is 376 g/mol. The molecule has 1 aliphatic carbocycles. The molecule has 0 spiro atoms. The minimum absolute atomic E-state index is 0.0434. The molecule has 1 saturated heterocycles. The van der Waals surface area contributed by atoms with Crippen molar-refractivity contribution in [1.82, 2.24) is 5.32 Å². The maximum absolute atomic E-state index is 12.5. The van der Waals surface area contributed by atoms with E-state index in [-0.39, 0.29) is 23.8 Å². The lowest BCUT2D eigenvalue weighted by Crippen LogP contribution is -2.41. The number of methoxy groups -OCH3 is 1. The van der Waals surface area contributed by atoms with Gasteiger partial charge >= 0.3 is 0 Å². The third-order valence-electron chi connectivity index (χ3n) is 6.43. The van der Waals surface area contributed by atoms with Crippen molar-refractivity contribution in [1.29, 1.82) is 0 Å². The molecule has 1 aliphatic heterocycles. The summed E-state index contributed by atoms with van der Waals surface area (Å²) in [5.74, 6) is 1.97. The molecule has 0 bridgehead atoms. The summed E-state index contributed by atoms with van der Waals surface area (Å²) in [6.07, 6.45) is 6.52. The average molecular weight is 409 g/mol. The number of amides is 1. The Morgan fingerprint density at radius 3 is 2.63 bits per heavy atom. The largest absolute Gasteiger partial charge is 0.493 e. The lowest BCUT2D eigenvalue weighted by molar-refractivity contribution is -0.126. The number of hydrogen-bond donors (Lipinski definition) is 2. The Balaban J connectivity index is 1.49. The highest BCUT2D eigenvalue weighted by molar-refractivity contribution is 5.80. The third kappa shape index (κ3) is 4.78. The van der Waals surface area contributed by atoms with E-state index in [1.54, 1.807) is 7.11 Å². The van der Waals surface area contributed by atoms with E-state index in [0.717, 1.165) is 42.7 Å². The summed E-state index contributed by atoms with van der Waals surface area (Å²) in [6, 6.07) is 14.5. The van der Waals surface area contributed by atoms with Gasteiger partial charge in [0.2, 0.25) is 5.91 Å². The van der Waals surface area contributed by atoms with Crippen molar-refractivity contribution in [2.45, 2.75) is 57.1 Å². The molecule has 2 atom stereocenters. The molecule has 0 aromatic heterocycles. The van der Waals surface area contributed by atoms with Crippen molar-refractivity contribution in [2.75, 3.05) is 13.7 Å². The Kier molecular flexibility index (Phi) is 6.58. The van der Waals surface area contributed by atoms with Crippen LogP contribution in [0.5, 0.6) is 11.5 Å². The fourth-order valence-corrected chi connectivity index (χ4v) is 4.73. The molecule has 5 heteroatoms. The molecule has 30 heavy (non-hydrogen) atoms. The van der Waals surface area contributed by atoms with E-state index in [4.69, 9.17) is 15.2 Å². The molecule has 2 aromatic carbocycles. The predicted molar refractivity (Wildman–Crippen MR) is 118 cm³/mol. The van der Waals surface area contributed by atoms with Gasteiger partial charge in [0.1, 0.15) is 0 Å². The average Bonchev–Trinajstić information content (AvgIpc) is 3.28. The zero-order chi connectivity index (χ0) is 20.9. The summed E-state index contributed by atoms with van der Waals surface area (Å²) in [5, 5.41) is 3.12. The van der Waals surface area contributed by atoms with Crippen LogP contribution in [-0.4, -0.2) is 25.7 Å². The van der Waals surface area contributed by atoms with E-state index in [0.29, 0.717) is 13.1 Å². The van der Waals surface area contributed by atoms with Gasteiger partial charge in [-0.15, -0.1) is 0 Å². The van der Waals surface area contributed by atoms with Crippen molar-refractivity contribution < 1.29 is 14.3 Å². The van der Waals surface area contributed by atoms with Crippen molar-refractivity contribution in [2.24, 2.45) is 11.7 Å². The monoisotopic (exact) mass is 408 g/mol. The summed E-state index contributed by atoms with van der Waals surface area (Å²) < 4.78 is 11.8. The molecule has 0 unspecified atom stereocenters. The molecule has 2 fully saturated rings. The summed E-state index contributed by atoms with van der Waals surface area (Å²) in [7, 11) is 1.68. The molecule has 4 rings (SSSR count). The fourth-order valence-electron chi connectivity index (χ4n) is 4.73. The number of nitrogens with one attached hydrogen (secondary N) is 1. The Hall–Kier alpha value is -2.53. The molecule has 1 amide bonds. The molecule has 3 N–H and O–H groups in total. The molecule has 2 aliphatic rings. The van der Waals surface area contributed by atoms with Crippen LogP contribution in [0.3, 0.4) is 0 Å². The van der Waals surface area contributed by atoms with E-state index < -0.39 is 0 Å². The van der Waals surface area contributed by atoms with Crippen molar-refractivity contribution in [3.8, 4) is 11.5 Å². The topological polar surface area (TPSA) is 73.6 Å². The summed E-state index contributed by atoms with van der Waals surface area (Å²) in [6.45, 7) is 1.18. The second-order valence-electron chi connectivity index (χ2n) is 8.54. The lowest BCUT2D eigenvalue weighted by atomic mass is 9.82. The molecular formula is C25H32N2O3. The van der Waals surface area contributed by atoms with Crippen LogP contribution >= 0.6 is 0 Å². The zero-order valence-electron chi connectivity index (χ0n) is 17.7. The molecule has 2 aromatic rings. The van der Waals surface area contributed by atoms with Crippen LogP contribution in [0, 0.1) is 5.92 Å². The number of benzene rings is 2. The van der Waals surface area contributed by atoms with E-state index in [2.05, 4.69) is 29.6 Å². The number of ether oxygens (including phenoxy) is 2. The number of rotatable bonds is 7. The first kappa shape index (κ1) is 20.7. The Morgan fingerprint density at radius 2 is 1.87 bits per heavy atom. The number of hydrogen-bond acceptors (Lipinski definition) is 4. The van der Waals surface area contributed by atoms with Gasteiger partial charge in [0, 0.05) is 24.9 Å². The van der Waals surface area contributed by atoms with Crippen molar-refractivity contribution in [3.63, 3.8) is 0 Å². The van der Waals surface area contributed by atoms with Gasteiger partial charge in [-0.1, -0.05) is 30.3 Å². The van der Waals surface area contributed by atoms with Crippen LogP contribution in [0.1, 0.15) is 54.7 Å². The highest BCUT2D eigenvalue weighted by Gasteiger charge is 2.30. The lowest BCUT2D eigenvalue weighted by Gasteiger charge is -2.30. The van der Waals surface area contributed by atoms with E-state index in [1.165, 1.54) is 24.0 Å². The first-order valence-electron chi connectivity index (χ1n) is 11.1. The maximum Gasteiger partial charge on any atom is 0.223 e. The predicted octanol–water partition coefficient (Wildman–Crippen LogP) is 3.94. The standard InChI is InChI=1S/C25H32N2O3/c1-29-23-10-9-19(14-24(23)30-22-7-2-3-8-22)21-13-20(25(28)27-16-21)12-17-5-4-6-18(11-17)15-26/h4-6,9-11,14,20-22H,2-3,7-8,12-13,15-16,26H2,1H3,(H,27,28)/t20-,21+/m0/s1. The van der Waals surface area contributed by atoms with E-state index in [1.807, 2.05) is 18.2 Å². The third-order valence-corrected chi connectivity index (χ3v) is 6.43. The normalized spacial score (nSPS) is 22.0. The van der Waals surface area contributed by atoms with Gasteiger partial charge < -0.3 is 20.5 Å². The van der Waals surface area contributed by atoms with Crippen LogP contribution in [0.25, 0.3) is 0 Å². The quantitative estimate of drug-likeness (QED) is 0.728. The Labute approximate surface area is 178 Å². The van der Waals surface area contributed by atoms with Crippen LogP contribution in [0.15, 0.2) is 42.5 Å². The fraction of sp³-hybridized carbons (Fsp3) is 0.480. The molecule has 1 saturated carbocycles. The summed E-state index contributed by atoms with van der Waals surface area (Å²) in [4.78, 5) is 12.5. The molecule has 160 valence electrons. The number of nitrogens with two attached hydrogens (primary N) is 1. The molecule has 0 radical (unpaired) electrons. The highest BCUT2D eigenvalue weighted by Crippen LogP contribution is 2.37. The first-order chi connectivity index (χ1) is 14.7. The minimum Gasteiger partial charge on any atom is -0.493 e. The minimum atomic E-state index is -0.0434. The number of carbonyl (C=O) groups excluding carboxylic acids is 1. The highest BCUT2D eigenvalue weighted by atomic mass is 16.5. The van der Waals surface area contributed by atoms with Gasteiger partial charge in [-0.3, -0.25) is 4.79 Å². The number of carbonyl (C=O) groups is 1. The van der Waals surface area contributed by atoms with E-state index >= 15 is 0 Å². The molecule has 5 nitrogen and oxygen atoms in total. The number of piperidine rings is 1. The van der Waals surface area contributed by atoms with Gasteiger partial charge in [0.05, 0.1) is 13.2 Å². The van der Waals surface area contributed by atoms with Crippen LogP contribution in [-0.2, 0) is 17.8 Å². The Bertz CT molecular complexity index is 876. The van der Waals surface area contributed by atoms with Gasteiger partial charge in [0.25, 0.3) is 0 Å². The van der Waals surface area contributed by atoms with Gasteiger partial charge in [-0.2, -0.15) is 0 Å². The zero-order valence-corrected chi connectivity index (χ0v) is 17.7. The first-order valence-corrected chi connectivity index (χ1v) is 11.1. The second kappa shape index (κ2) is 9.52. The van der Waals surface area contributed by atoms with Crippen molar-refractivity contribution in [3.05, 3.63) is 59.2 Å². The smallest absolute Gasteiger partial charge is 0.223 e. The summed E-state index contributed by atoms with van der Waals surface area (Å²) in [5.41, 5.74) is 9.24. The van der Waals surface area contributed by atoms with Gasteiger partial charge in [-0.05, 0) is 67.3 Å². The SMILES string of the molecule is COc1ccc([C@H]2CNC(=O)[C@@H](Cc3cccc(CN)c3)C2)cc1OC1CCCC1. The maximum atomic E-state index is 12.5. The van der Waals surface area contributed by atoms with Crippen LogP contribution < -0.4 is 20.5 Å². The second-order valence-corrected chi connectivity index (χ2v) is 8.54. The van der Waals surface area contributed by atoms with Crippen LogP contribution in [0.4, 0.5) is 0 Å². The van der Waals surface area contributed by atoms with Gasteiger partial charge in [-0.25, -0.2) is 0 Å². The van der Waals surface area contributed by atoms with E-state index in [9.17, 15) is 4.79 Å². The summed E-state index contributed by atoms with van der Waals surface area (Å²) >= 11 is 0. The Morgan fingerprint density at radius 1 is 1.07 bits per heavy atom. The molecule has 1 heterocycles. The van der Waals surface area contributed by atoms with Crippen molar-refractivity contribution >= 4 is 5.91 Å². The van der Waals surface area contributed by atoms with Crippen LogP contribution in [0.2, 0.25) is 0 Å². The van der Waals surface area contributed by atoms with Gasteiger partial charge in [0.15, 0.2) is 11.5 Å².